The fraction of sp³-hybridized carbons (Fsp3) is 0.355. The predicted molar refractivity (Wildman–Crippen MR) is 168 cm³/mol. The van der Waals surface area contributed by atoms with E-state index in [-0.39, 0.29) is 30.5 Å². The van der Waals surface area contributed by atoms with Crippen molar-refractivity contribution in [3.05, 3.63) is 87.9 Å². The Bertz CT molecular complexity index is 1550. The van der Waals surface area contributed by atoms with Gasteiger partial charge in [0.25, 0.3) is 0 Å². The van der Waals surface area contributed by atoms with Crippen LogP contribution in [0.15, 0.2) is 66.7 Å². The number of nitrogens with one attached hydrogen (secondary N) is 1. The fourth-order valence-electron chi connectivity index (χ4n) is 4.61. The molecule has 3 aromatic rings. The highest BCUT2D eigenvalue weighted by molar-refractivity contribution is 7.92. The third-order valence-corrected chi connectivity index (χ3v) is 8.67. The minimum atomic E-state index is -3.93. The molecule has 2 amide bonds. The van der Waals surface area contributed by atoms with Crippen LogP contribution in [0.2, 0.25) is 10.0 Å². The highest BCUT2D eigenvalue weighted by Gasteiger charge is 2.33. The fourth-order valence-corrected chi connectivity index (χ4v) is 5.77. The molecule has 43 heavy (non-hydrogen) atoms. The van der Waals surface area contributed by atoms with Crippen LogP contribution in [0.3, 0.4) is 0 Å². The number of hydrogen-bond acceptors (Lipinski definition) is 6. The molecule has 0 spiro atoms. The molecule has 230 valence electrons. The van der Waals surface area contributed by atoms with Gasteiger partial charge < -0.3 is 19.7 Å². The number of amides is 2. The van der Waals surface area contributed by atoms with Gasteiger partial charge in [-0.1, -0.05) is 73.4 Å². The Balaban J connectivity index is 1.74. The van der Waals surface area contributed by atoms with Crippen LogP contribution >= 0.6 is 23.2 Å². The first-order chi connectivity index (χ1) is 20.4. The molecule has 4 rings (SSSR count). The lowest BCUT2D eigenvalue weighted by atomic mass is 10.0. The lowest BCUT2D eigenvalue weighted by Gasteiger charge is -2.34. The number of carbonyl (C=O) groups is 2. The second kappa shape index (κ2) is 14.3. The Kier molecular flexibility index (Phi) is 10.8. The van der Waals surface area contributed by atoms with E-state index in [1.165, 1.54) is 11.0 Å². The molecular weight excluding hydrogens is 613 g/mol. The summed E-state index contributed by atoms with van der Waals surface area (Å²) in [6.45, 7) is 4.49. The minimum Gasteiger partial charge on any atom is -0.486 e. The number of hydrogen-bond donors (Lipinski definition) is 1. The van der Waals surface area contributed by atoms with Crippen molar-refractivity contribution in [1.29, 1.82) is 0 Å². The molecule has 1 heterocycles. The van der Waals surface area contributed by atoms with Crippen molar-refractivity contribution in [2.45, 2.75) is 32.9 Å². The van der Waals surface area contributed by atoms with Crippen LogP contribution < -0.4 is 19.1 Å². The number of halogens is 2. The van der Waals surface area contributed by atoms with Crippen molar-refractivity contribution < 1.29 is 27.5 Å². The number of benzene rings is 3. The first-order valence-electron chi connectivity index (χ1n) is 13.8. The highest BCUT2D eigenvalue weighted by Crippen LogP contribution is 2.35. The molecule has 0 saturated heterocycles. The Hall–Kier alpha value is -3.47. The van der Waals surface area contributed by atoms with Crippen LogP contribution in [0, 0.1) is 5.92 Å². The summed E-state index contributed by atoms with van der Waals surface area (Å²) in [7, 11) is -3.93. The van der Waals surface area contributed by atoms with Gasteiger partial charge in [0.2, 0.25) is 21.8 Å². The summed E-state index contributed by atoms with van der Waals surface area (Å²) in [5.41, 5.74) is 1.70. The van der Waals surface area contributed by atoms with E-state index in [2.05, 4.69) is 5.32 Å². The lowest BCUT2D eigenvalue weighted by Crippen LogP contribution is -2.53. The van der Waals surface area contributed by atoms with Crippen molar-refractivity contribution in [2.24, 2.45) is 5.92 Å². The Labute approximate surface area is 262 Å². The second-order valence-electron chi connectivity index (χ2n) is 10.7. The number of rotatable bonds is 12. The smallest absolute Gasteiger partial charge is 0.244 e. The molecule has 1 unspecified atom stereocenters. The third kappa shape index (κ3) is 8.78. The van der Waals surface area contributed by atoms with Gasteiger partial charge in [-0.25, -0.2) is 8.42 Å². The zero-order chi connectivity index (χ0) is 31.1. The number of sulfonamides is 1. The second-order valence-corrected chi connectivity index (χ2v) is 13.4. The molecule has 12 heteroatoms. The SMILES string of the molecule is CC(C)CNC(=O)C(Cc1ccccc1)N(Cc1ccc(Cl)c(Cl)c1)C(=O)CN(c1ccc2c(c1)OCCO2)S(C)(=O)=O. The first-order valence-corrected chi connectivity index (χ1v) is 16.4. The van der Waals surface area contributed by atoms with Crippen LogP contribution in [-0.2, 0) is 32.6 Å². The summed E-state index contributed by atoms with van der Waals surface area (Å²) in [6.07, 6.45) is 1.23. The van der Waals surface area contributed by atoms with Crippen LogP contribution in [0.5, 0.6) is 11.5 Å². The number of nitrogens with zero attached hydrogens (tertiary/aromatic N) is 2. The number of anilines is 1. The molecule has 1 atom stereocenters. The first kappa shape index (κ1) is 32.4. The topological polar surface area (TPSA) is 105 Å². The van der Waals surface area contributed by atoms with Gasteiger partial charge in [0, 0.05) is 25.6 Å². The lowest BCUT2D eigenvalue weighted by molar-refractivity contribution is -0.140. The zero-order valence-electron chi connectivity index (χ0n) is 24.3. The highest BCUT2D eigenvalue weighted by atomic mass is 35.5. The van der Waals surface area contributed by atoms with Gasteiger partial charge in [-0.3, -0.25) is 13.9 Å². The number of ether oxygens (including phenoxy) is 2. The normalized spacial score (nSPS) is 13.3. The molecule has 0 bridgehead atoms. The van der Waals surface area contributed by atoms with Gasteiger partial charge in [-0.2, -0.15) is 0 Å². The molecule has 0 fully saturated rings. The molecule has 1 N–H and O–H groups in total. The average Bonchev–Trinajstić information content (AvgIpc) is 2.97. The van der Waals surface area contributed by atoms with E-state index in [1.54, 1.807) is 30.3 Å². The van der Waals surface area contributed by atoms with Crippen molar-refractivity contribution in [3.8, 4) is 11.5 Å². The van der Waals surface area contributed by atoms with E-state index in [0.29, 0.717) is 46.9 Å². The molecule has 0 aliphatic carbocycles. The molecular formula is C31H35Cl2N3O6S. The Morgan fingerprint density at radius 3 is 2.26 bits per heavy atom. The summed E-state index contributed by atoms with van der Waals surface area (Å²) in [4.78, 5) is 29.3. The molecule has 0 radical (unpaired) electrons. The largest absolute Gasteiger partial charge is 0.486 e. The molecule has 9 nitrogen and oxygen atoms in total. The maximum absolute atomic E-state index is 14.2. The molecule has 1 aliphatic heterocycles. The summed E-state index contributed by atoms with van der Waals surface area (Å²) in [5, 5.41) is 3.59. The van der Waals surface area contributed by atoms with Gasteiger partial charge in [0.15, 0.2) is 11.5 Å². The van der Waals surface area contributed by atoms with E-state index in [0.717, 1.165) is 16.1 Å². The molecule has 0 aromatic heterocycles. The number of carbonyl (C=O) groups excluding carboxylic acids is 2. The van der Waals surface area contributed by atoms with Crippen molar-refractivity contribution in [2.75, 3.05) is 36.9 Å². The van der Waals surface area contributed by atoms with Gasteiger partial charge >= 0.3 is 0 Å². The summed E-state index contributed by atoms with van der Waals surface area (Å²) < 4.78 is 38.3. The van der Waals surface area contributed by atoms with Crippen molar-refractivity contribution in [1.82, 2.24) is 10.2 Å². The molecule has 1 aliphatic rings. The number of fused-ring (bicyclic) bond motifs is 1. The van der Waals surface area contributed by atoms with Crippen LogP contribution in [0.4, 0.5) is 5.69 Å². The molecule has 0 saturated carbocycles. The Morgan fingerprint density at radius 1 is 0.907 bits per heavy atom. The molecule has 3 aromatic carbocycles. The van der Waals surface area contributed by atoms with E-state index < -0.39 is 28.5 Å². The quantitative estimate of drug-likeness (QED) is 0.298. The summed E-state index contributed by atoms with van der Waals surface area (Å²) in [5.74, 6) is 0.119. The van der Waals surface area contributed by atoms with Crippen molar-refractivity contribution >= 4 is 50.7 Å². The summed E-state index contributed by atoms with van der Waals surface area (Å²) >= 11 is 12.4. The average molecular weight is 649 g/mol. The summed E-state index contributed by atoms with van der Waals surface area (Å²) in [6, 6.07) is 18.0. The third-order valence-electron chi connectivity index (χ3n) is 6.79. The predicted octanol–water partition coefficient (Wildman–Crippen LogP) is 4.94. The maximum Gasteiger partial charge on any atom is 0.244 e. The maximum atomic E-state index is 14.2. The van der Waals surface area contributed by atoms with Gasteiger partial charge in [-0.05, 0) is 41.3 Å². The van der Waals surface area contributed by atoms with Crippen LogP contribution in [-0.4, -0.2) is 63.7 Å². The van der Waals surface area contributed by atoms with Crippen LogP contribution in [0.25, 0.3) is 0 Å². The standard InChI is InChI=1S/C31H35Cl2N3O6S/c1-21(2)18-34-31(38)27(16-22-7-5-4-6-8-22)35(19-23-9-11-25(32)26(33)15-23)30(37)20-36(43(3,39)40)24-10-12-28-29(17-24)42-14-13-41-28/h4-12,15,17,21,27H,13-14,16,18-20H2,1-3H3,(H,34,38). The Morgan fingerprint density at radius 2 is 1.60 bits per heavy atom. The van der Waals surface area contributed by atoms with E-state index in [1.807, 2.05) is 44.2 Å². The van der Waals surface area contributed by atoms with Crippen LogP contribution in [0.1, 0.15) is 25.0 Å². The monoisotopic (exact) mass is 647 g/mol. The van der Waals surface area contributed by atoms with Gasteiger partial charge in [0.05, 0.1) is 22.0 Å². The van der Waals surface area contributed by atoms with Crippen molar-refractivity contribution in [3.63, 3.8) is 0 Å². The van der Waals surface area contributed by atoms with Gasteiger partial charge in [0.1, 0.15) is 25.8 Å². The van der Waals surface area contributed by atoms with E-state index >= 15 is 0 Å². The minimum absolute atomic E-state index is 0.0128. The van der Waals surface area contributed by atoms with E-state index in [9.17, 15) is 18.0 Å². The zero-order valence-corrected chi connectivity index (χ0v) is 26.6. The van der Waals surface area contributed by atoms with E-state index in [4.69, 9.17) is 32.7 Å². The van der Waals surface area contributed by atoms with Gasteiger partial charge in [-0.15, -0.1) is 0 Å².